The van der Waals surface area contributed by atoms with Crippen LogP contribution >= 0.6 is 11.8 Å². The number of thioether (sulfide) groups is 1. The van der Waals surface area contributed by atoms with Crippen molar-refractivity contribution in [1.82, 2.24) is 0 Å². The number of rotatable bonds is 5. The molecule has 1 rings (SSSR count). The first-order valence-electron chi connectivity index (χ1n) is 5.20. The van der Waals surface area contributed by atoms with Gasteiger partial charge in [-0.15, -0.1) is 11.8 Å². The van der Waals surface area contributed by atoms with Crippen molar-refractivity contribution >= 4 is 23.4 Å². The van der Waals surface area contributed by atoms with Gasteiger partial charge in [-0.3, -0.25) is 0 Å². The Morgan fingerprint density at radius 3 is 2.89 bits per heavy atom. The fraction of sp³-hybridized carbons (Fsp3) is 0.333. The van der Waals surface area contributed by atoms with Crippen LogP contribution < -0.4 is 5.32 Å². The standard InChI is InChI=1S/C12H14N2O3S/c1-17-12(16)10(7-15)14-9-4-3-5-11(18-2)8(9)6-13/h3-5,10,14-15H,7H2,1-2H3. The van der Waals surface area contributed by atoms with Crippen LogP contribution in [0, 0.1) is 11.3 Å². The molecule has 1 unspecified atom stereocenters. The number of aliphatic hydroxyl groups is 1. The van der Waals surface area contributed by atoms with Crippen molar-refractivity contribution in [3.8, 4) is 6.07 Å². The lowest BCUT2D eigenvalue weighted by Gasteiger charge is -2.16. The molecule has 0 aliphatic rings. The van der Waals surface area contributed by atoms with Crippen LogP contribution in [0.15, 0.2) is 23.1 Å². The number of carbonyl (C=O) groups is 1. The normalized spacial score (nSPS) is 11.4. The van der Waals surface area contributed by atoms with Gasteiger partial charge in [0, 0.05) is 4.90 Å². The van der Waals surface area contributed by atoms with Gasteiger partial charge in [0.1, 0.15) is 12.1 Å². The van der Waals surface area contributed by atoms with Gasteiger partial charge in [0.2, 0.25) is 0 Å². The smallest absolute Gasteiger partial charge is 0.330 e. The van der Waals surface area contributed by atoms with Crippen molar-refractivity contribution in [1.29, 1.82) is 5.26 Å². The van der Waals surface area contributed by atoms with E-state index >= 15 is 0 Å². The Bertz CT molecular complexity index is 471. The summed E-state index contributed by atoms with van der Waals surface area (Å²) in [5, 5.41) is 21.1. The molecule has 2 N–H and O–H groups in total. The van der Waals surface area contributed by atoms with Gasteiger partial charge < -0.3 is 15.2 Å². The van der Waals surface area contributed by atoms with Gasteiger partial charge in [-0.25, -0.2) is 4.79 Å². The molecule has 0 amide bonds. The number of benzene rings is 1. The second kappa shape index (κ2) is 6.89. The maximum atomic E-state index is 11.4. The number of nitrogens with one attached hydrogen (secondary N) is 1. The highest BCUT2D eigenvalue weighted by Crippen LogP contribution is 2.26. The molecule has 1 aromatic rings. The van der Waals surface area contributed by atoms with Gasteiger partial charge in [-0.1, -0.05) is 6.07 Å². The van der Waals surface area contributed by atoms with Crippen molar-refractivity contribution in [3.63, 3.8) is 0 Å². The van der Waals surface area contributed by atoms with Crippen LogP contribution in [0.5, 0.6) is 0 Å². The zero-order valence-electron chi connectivity index (χ0n) is 10.1. The van der Waals surface area contributed by atoms with E-state index < -0.39 is 18.6 Å². The molecule has 18 heavy (non-hydrogen) atoms. The average molecular weight is 266 g/mol. The molecule has 5 nitrogen and oxygen atoms in total. The van der Waals surface area contributed by atoms with Crippen LogP contribution in [0.4, 0.5) is 5.69 Å². The van der Waals surface area contributed by atoms with Crippen LogP contribution in [-0.2, 0) is 9.53 Å². The molecule has 0 spiro atoms. The molecule has 0 radical (unpaired) electrons. The highest BCUT2D eigenvalue weighted by Gasteiger charge is 2.19. The molecule has 96 valence electrons. The van der Waals surface area contributed by atoms with Gasteiger partial charge in [0.05, 0.1) is 25.0 Å². The SMILES string of the molecule is COC(=O)C(CO)Nc1cccc(SC)c1C#N. The van der Waals surface area contributed by atoms with Crippen LogP contribution in [0.1, 0.15) is 5.56 Å². The van der Waals surface area contributed by atoms with Crippen molar-refractivity contribution < 1.29 is 14.6 Å². The van der Waals surface area contributed by atoms with Crippen molar-refractivity contribution in [2.24, 2.45) is 0 Å². The minimum absolute atomic E-state index is 0.402. The summed E-state index contributed by atoms with van der Waals surface area (Å²) in [5.41, 5.74) is 0.959. The van der Waals surface area contributed by atoms with E-state index in [-0.39, 0.29) is 0 Å². The lowest BCUT2D eigenvalue weighted by atomic mass is 10.1. The van der Waals surface area contributed by atoms with Gasteiger partial charge in [-0.05, 0) is 18.4 Å². The van der Waals surface area contributed by atoms with E-state index in [1.54, 1.807) is 12.1 Å². The number of ether oxygens (including phenoxy) is 1. The maximum Gasteiger partial charge on any atom is 0.330 e. The Labute approximate surface area is 110 Å². The fourth-order valence-corrected chi connectivity index (χ4v) is 2.02. The minimum Gasteiger partial charge on any atom is -0.467 e. The Hall–Kier alpha value is -1.71. The summed E-state index contributed by atoms with van der Waals surface area (Å²) in [6, 6.07) is 6.49. The molecule has 0 bridgehead atoms. The van der Waals surface area contributed by atoms with Crippen molar-refractivity contribution in [2.75, 3.05) is 25.3 Å². The summed E-state index contributed by atoms with van der Waals surface area (Å²) in [6.07, 6.45) is 1.86. The van der Waals surface area contributed by atoms with Crippen LogP contribution in [0.2, 0.25) is 0 Å². The molecule has 0 aliphatic heterocycles. The van der Waals surface area contributed by atoms with Gasteiger partial charge >= 0.3 is 5.97 Å². The number of hydrogen-bond acceptors (Lipinski definition) is 6. The number of hydrogen-bond donors (Lipinski definition) is 2. The minimum atomic E-state index is -0.876. The Morgan fingerprint density at radius 1 is 1.67 bits per heavy atom. The zero-order chi connectivity index (χ0) is 13.5. The summed E-state index contributed by atoms with van der Waals surface area (Å²) in [4.78, 5) is 12.2. The third-order valence-electron chi connectivity index (χ3n) is 2.36. The van der Waals surface area contributed by atoms with Gasteiger partial charge in [0.25, 0.3) is 0 Å². The summed E-state index contributed by atoms with van der Waals surface area (Å²) < 4.78 is 4.56. The van der Waals surface area contributed by atoms with E-state index in [9.17, 15) is 4.79 Å². The molecule has 0 aromatic heterocycles. The van der Waals surface area contributed by atoms with E-state index in [1.165, 1.54) is 18.9 Å². The van der Waals surface area contributed by atoms with Crippen LogP contribution in [-0.4, -0.2) is 37.1 Å². The average Bonchev–Trinajstić information content (AvgIpc) is 2.43. The molecule has 0 heterocycles. The van der Waals surface area contributed by atoms with Crippen LogP contribution in [0.25, 0.3) is 0 Å². The highest BCUT2D eigenvalue weighted by molar-refractivity contribution is 7.98. The molecule has 0 saturated carbocycles. The molecular weight excluding hydrogens is 252 g/mol. The third-order valence-corrected chi connectivity index (χ3v) is 3.14. The fourth-order valence-electron chi connectivity index (χ4n) is 1.45. The van der Waals surface area contributed by atoms with Gasteiger partial charge in [-0.2, -0.15) is 5.26 Å². The lowest BCUT2D eigenvalue weighted by molar-refractivity contribution is -0.142. The van der Waals surface area contributed by atoms with E-state index in [4.69, 9.17) is 10.4 Å². The largest absolute Gasteiger partial charge is 0.467 e. The molecule has 0 saturated heterocycles. The first kappa shape index (κ1) is 14.4. The molecule has 1 atom stereocenters. The van der Waals surface area contributed by atoms with Gasteiger partial charge in [0.15, 0.2) is 0 Å². The number of anilines is 1. The molecular formula is C12H14N2O3S. The zero-order valence-corrected chi connectivity index (χ0v) is 11.0. The second-order valence-corrected chi connectivity index (χ2v) is 4.25. The van der Waals surface area contributed by atoms with E-state index in [0.717, 1.165) is 4.90 Å². The van der Waals surface area contributed by atoms with E-state index in [2.05, 4.69) is 16.1 Å². The number of nitriles is 1. The molecule has 1 aromatic carbocycles. The first-order valence-corrected chi connectivity index (χ1v) is 6.42. The number of esters is 1. The summed E-state index contributed by atoms with van der Waals surface area (Å²) in [6.45, 7) is -0.402. The summed E-state index contributed by atoms with van der Waals surface area (Å²) in [5.74, 6) is -0.573. The Morgan fingerprint density at radius 2 is 2.39 bits per heavy atom. The topological polar surface area (TPSA) is 82.3 Å². The molecule has 0 fully saturated rings. The summed E-state index contributed by atoms with van der Waals surface area (Å²) >= 11 is 1.44. The van der Waals surface area contributed by atoms with Crippen molar-refractivity contribution in [2.45, 2.75) is 10.9 Å². The number of aliphatic hydroxyl groups excluding tert-OH is 1. The number of carbonyl (C=O) groups excluding carboxylic acids is 1. The van der Waals surface area contributed by atoms with E-state index in [0.29, 0.717) is 11.3 Å². The Kier molecular flexibility index (Phi) is 5.49. The number of methoxy groups -OCH3 is 1. The molecule has 0 aliphatic carbocycles. The maximum absolute atomic E-state index is 11.4. The third kappa shape index (κ3) is 3.15. The predicted molar refractivity (Wildman–Crippen MR) is 69.5 cm³/mol. The monoisotopic (exact) mass is 266 g/mol. The summed E-state index contributed by atoms with van der Waals surface area (Å²) in [7, 11) is 1.25. The Balaban J connectivity index is 3.03. The van der Waals surface area contributed by atoms with Crippen molar-refractivity contribution in [3.05, 3.63) is 23.8 Å². The van der Waals surface area contributed by atoms with Crippen LogP contribution in [0.3, 0.4) is 0 Å². The quantitative estimate of drug-likeness (QED) is 0.616. The molecule has 6 heteroatoms. The predicted octanol–water partition coefficient (Wildman–Crippen LogP) is 1.23. The second-order valence-electron chi connectivity index (χ2n) is 3.40. The lowest BCUT2D eigenvalue weighted by Crippen LogP contribution is -2.34. The first-order chi connectivity index (χ1) is 8.67. The number of nitrogens with zero attached hydrogens (tertiary/aromatic N) is 1. The van der Waals surface area contributed by atoms with E-state index in [1.807, 2.05) is 12.3 Å². The highest BCUT2D eigenvalue weighted by atomic mass is 32.2.